The summed E-state index contributed by atoms with van der Waals surface area (Å²) < 4.78 is 65.7. The van der Waals surface area contributed by atoms with Gasteiger partial charge in [0.15, 0.2) is 11.4 Å². The SMILES string of the molecule is CC(C)c1ccccc1[C@H]1CCCCN1C1CC2(CCN(c3ccc(C(=O)NS(=O)(=O)c4cc5c(c([N+](=O)[O-])c4)N[C@@H](C4(F)CCC(C)(O)CC4)CO5)c(N4c5cc6cc[nH]c6nc5O[C@H]5COCC[C@@H]54)c3)CC2)C1. The van der Waals surface area contributed by atoms with E-state index in [4.69, 9.17) is 19.2 Å². The summed E-state index contributed by atoms with van der Waals surface area (Å²) in [5, 5.41) is 26.8. The fourth-order valence-corrected chi connectivity index (χ4v) is 14.5. The lowest BCUT2D eigenvalue weighted by Crippen LogP contribution is -2.56. The number of rotatable bonds is 10. The number of hydrogen-bond acceptors (Lipinski definition) is 14. The predicted octanol–water partition coefficient (Wildman–Crippen LogP) is 9.58. The molecule has 4 atom stereocenters. The van der Waals surface area contributed by atoms with Crippen LogP contribution in [0.3, 0.4) is 0 Å². The first-order chi connectivity index (χ1) is 36.0. The maximum Gasteiger partial charge on any atom is 0.297 e. The first-order valence-electron chi connectivity index (χ1n) is 26.9. The highest BCUT2D eigenvalue weighted by atomic mass is 32.2. The molecule has 5 fully saturated rings. The van der Waals surface area contributed by atoms with Gasteiger partial charge in [-0.2, -0.15) is 4.98 Å². The smallest absolute Gasteiger partial charge is 0.297 e. The maximum absolute atomic E-state index is 16.3. The number of sulfonamides is 1. The highest BCUT2D eigenvalue weighted by Crippen LogP contribution is 2.55. The van der Waals surface area contributed by atoms with Crippen molar-refractivity contribution >= 4 is 55.4 Å². The van der Waals surface area contributed by atoms with Crippen LogP contribution in [0.4, 0.5) is 32.8 Å². The minimum Gasteiger partial charge on any atom is -0.489 e. The summed E-state index contributed by atoms with van der Waals surface area (Å²) in [5.74, 6) is -0.290. The third-order valence-corrected chi connectivity index (χ3v) is 19.2. The van der Waals surface area contributed by atoms with Gasteiger partial charge in [-0.25, -0.2) is 17.5 Å². The molecule has 3 aromatic carbocycles. The number of nitro benzene ring substituents is 1. The van der Waals surface area contributed by atoms with Crippen LogP contribution in [0.5, 0.6) is 11.6 Å². The van der Waals surface area contributed by atoms with Gasteiger partial charge < -0.3 is 39.4 Å². The van der Waals surface area contributed by atoms with E-state index in [-0.39, 0.29) is 67.4 Å². The van der Waals surface area contributed by atoms with E-state index in [0.717, 1.165) is 55.7 Å². The monoisotopic (exact) mass is 1050 g/mol. The Morgan fingerprint density at radius 2 is 1.75 bits per heavy atom. The average Bonchev–Trinajstić information content (AvgIpc) is 3.86. The Kier molecular flexibility index (Phi) is 12.6. The molecule has 12 rings (SSSR count). The summed E-state index contributed by atoms with van der Waals surface area (Å²) in [6, 6.07) is 20.1. The minimum absolute atomic E-state index is 0.0114. The van der Waals surface area contributed by atoms with Crippen LogP contribution in [0.2, 0.25) is 0 Å². The van der Waals surface area contributed by atoms with Crippen LogP contribution in [-0.4, -0.2) is 114 Å². The van der Waals surface area contributed by atoms with Gasteiger partial charge in [0.05, 0.1) is 45.4 Å². The molecule has 1 spiro atoms. The van der Waals surface area contributed by atoms with E-state index < -0.39 is 54.9 Å². The van der Waals surface area contributed by atoms with E-state index >= 15 is 4.39 Å². The van der Waals surface area contributed by atoms with Crippen molar-refractivity contribution in [3.63, 3.8) is 0 Å². The molecule has 398 valence electrons. The number of piperidine rings is 2. The molecule has 17 nitrogen and oxygen atoms in total. The molecule has 0 bridgehead atoms. The number of likely N-dealkylation sites (tertiary alicyclic amines) is 1. The summed E-state index contributed by atoms with van der Waals surface area (Å²) >= 11 is 0. The van der Waals surface area contributed by atoms with Gasteiger partial charge in [0.2, 0.25) is 5.88 Å². The van der Waals surface area contributed by atoms with Gasteiger partial charge in [-0.3, -0.25) is 19.8 Å². The largest absolute Gasteiger partial charge is 0.489 e. The summed E-state index contributed by atoms with van der Waals surface area (Å²) in [7, 11) is -4.79. The molecule has 3 saturated heterocycles. The average molecular weight is 1050 g/mol. The molecule has 7 aliphatic rings. The van der Waals surface area contributed by atoms with Crippen molar-refractivity contribution in [2.24, 2.45) is 5.41 Å². The molecule has 4 N–H and O–H groups in total. The van der Waals surface area contributed by atoms with Crippen LogP contribution < -0.4 is 29.3 Å². The molecule has 75 heavy (non-hydrogen) atoms. The zero-order chi connectivity index (χ0) is 52.0. The number of nitrogens with zero attached hydrogens (tertiary/aromatic N) is 5. The molecule has 2 aliphatic carbocycles. The van der Waals surface area contributed by atoms with Gasteiger partial charge in [0.25, 0.3) is 21.6 Å². The highest BCUT2D eigenvalue weighted by molar-refractivity contribution is 7.90. The van der Waals surface area contributed by atoms with Gasteiger partial charge >= 0.3 is 0 Å². The number of pyridine rings is 1. The van der Waals surface area contributed by atoms with E-state index in [1.807, 2.05) is 24.3 Å². The number of halogens is 1. The Hall–Kier alpha value is -6.02. The van der Waals surface area contributed by atoms with Gasteiger partial charge in [-0.15, -0.1) is 0 Å². The van der Waals surface area contributed by atoms with Crippen molar-refractivity contribution in [2.75, 3.05) is 54.6 Å². The van der Waals surface area contributed by atoms with Crippen molar-refractivity contribution < 1.29 is 41.8 Å². The number of alkyl halides is 1. The van der Waals surface area contributed by atoms with Crippen LogP contribution in [0.1, 0.15) is 131 Å². The molecular formula is C56H67FN8O9S. The van der Waals surface area contributed by atoms with Crippen LogP contribution >= 0.6 is 0 Å². The van der Waals surface area contributed by atoms with Crippen molar-refractivity contribution in [1.82, 2.24) is 19.6 Å². The number of amides is 1. The molecule has 5 aliphatic heterocycles. The van der Waals surface area contributed by atoms with Gasteiger partial charge in [-0.05, 0) is 137 Å². The first kappa shape index (κ1) is 49.8. The number of anilines is 4. The lowest BCUT2D eigenvalue weighted by atomic mass is 9.59. The third kappa shape index (κ3) is 9.14. The molecule has 1 amide bonds. The number of benzene rings is 3. The Morgan fingerprint density at radius 3 is 2.52 bits per heavy atom. The number of hydrogen-bond donors (Lipinski definition) is 4. The molecule has 0 unspecified atom stereocenters. The quantitative estimate of drug-likeness (QED) is 0.0760. The summed E-state index contributed by atoms with van der Waals surface area (Å²) in [6.07, 6.45) is 10.4. The number of carbonyl (C=O) groups excluding carboxylic acids is 1. The number of nitrogens with one attached hydrogen (secondary N) is 3. The number of aromatic nitrogens is 2. The lowest BCUT2D eigenvalue weighted by Gasteiger charge is -2.57. The zero-order valence-corrected chi connectivity index (χ0v) is 43.7. The van der Waals surface area contributed by atoms with Crippen LogP contribution in [0, 0.1) is 15.5 Å². The lowest BCUT2D eigenvalue weighted by molar-refractivity contribution is -0.384. The standard InChI is InChI=1S/C56H67FN8O9S/c1-34(2)39-8-4-5-9-40(39)42-10-6-7-22-63(42)37-30-55(31-37)19-23-62(24-20-55)36-11-12-41(44(27-36)64-43-14-25-72-32-48(43)74-53-46(64)26-35-13-21-58-51(35)60-53)52(66)61-75(70,71)38-28-45(65(68)69)50-47(29-38)73-33-49(59-50)56(57)17-15-54(3,67)16-18-56/h4-5,8-9,11-13,21,26-29,34,37,42-43,48-49,59,67H,6-7,10,14-20,22-25,30-33H2,1-3H3,(H,58,60)(H,61,66)/t42-,43+,48+,49-,54?,56?/m1/s1. The molecule has 7 heterocycles. The molecule has 2 saturated carbocycles. The second kappa shape index (κ2) is 18.9. The second-order valence-electron chi connectivity index (χ2n) is 23.0. The van der Waals surface area contributed by atoms with Gasteiger partial charge in [0, 0.05) is 61.2 Å². The Bertz CT molecular complexity index is 3140. The van der Waals surface area contributed by atoms with E-state index in [2.05, 4.69) is 67.8 Å². The van der Waals surface area contributed by atoms with Crippen molar-refractivity contribution in [3.8, 4) is 11.6 Å². The van der Waals surface area contributed by atoms with Gasteiger partial charge in [-0.1, -0.05) is 44.5 Å². The van der Waals surface area contributed by atoms with E-state index in [1.54, 1.807) is 19.2 Å². The number of nitro groups is 1. The molecular weight excluding hydrogens is 980 g/mol. The van der Waals surface area contributed by atoms with E-state index in [1.165, 1.54) is 43.2 Å². The molecule has 19 heteroatoms. The van der Waals surface area contributed by atoms with E-state index in [0.29, 0.717) is 53.9 Å². The summed E-state index contributed by atoms with van der Waals surface area (Å²) in [4.78, 5) is 41.4. The number of carbonyl (C=O) groups is 1. The molecule has 5 aromatic rings. The van der Waals surface area contributed by atoms with Crippen molar-refractivity contribution in [2.45, 2.75) is 150 Å². The zero-order valence-electron chi connectivity index (χ0n) is 42.9. The second-order valence-corrected chi connectivity index (χ2v) is 24.7. The predicted molar refractivity (Wildman–Crippen MR) is 283 cm³/mol. The fraction of sp³-hybridized carbons (Fsp3) is 0.536. The van der Waals surface area contributed by atoms with Crippen LogP contribution in [-0.2, 0) is 14.8 Å². The number of aliphatic hydroxyl groups is 1. The highest BCUT2D eigenvalue weighted by Gasteiger charge is 2.51. The first-order valence-corrected chi connectivity index (χ1v) is 28.4. The fourth-order valence-electron chi connectivity index (χ4n) is 13.5. The Balaban J connectivity index is 0.833. The summed E-state index contributed by atoms with van der Waals surface area (Å²) in [5.41, 5.74) is 2.21. The topological polar surface area (TPSA) is 205 Å². The summed E-state index contributed by atoms with van der Waals surface area (Å²) in [6.45, 7) is 9.49. The van der Waals surface area contributed by atoms with Crippen LogP contribution in [0.25, 0.3) is 11.0 Å². The Labute approximate surface area is 436 Å². The Morgan fingerprint density at radius 1 is 0.960 bits per heavy atom. The molecule has 0 radical (unpaired) electrons. The normalized spacial score (nSPS) is 27.8. The van der Waals surface area contributed by atoms with Crippen LogP contribution in [0.15, 0.2) is 77.8 Å². The van der Waals surface area contributed by atoms with Crippen molar-refractivity contribution in [3.05, 3.63) is 99.7 Å². The van der Waals surface area contributed by atoms with E-state index in [9.17, 15) is 28.4 Å². The minimum atomic E-state index is -4.79. The number of fused-ring (bicyclic) bond motifs is 4. The van der Waals surface area contributed by atoms with Crippen molar-refractivity contribution in [1.29, 1.82) is 0 Å². The third-order valence-electron chi connectivity index (χ3n) is 17.9. The van der Waals surface area contributed by atoms with Gasteiger partial charge in [0.1, 0.15) is 29.7 Å². The number of H-pyrrole nitrogens is 1. The molecule has 2 aromatic heterocycles. The number of aromatic amines is 1. The number of ether oxygens (including phenoxy) is 3. The maximum atomic E-state index is 16.3.